The van der Waals surface area contributed by atoms with E-state index in [9.17, 15) is 14.4 Å². The molecule has 0 radical (unpaired) electrons. The summed E-state index contributed by atoms with van der Waals surface area (Å²) in [7, 11) is 0. The van der Waals surface area contributed by atoms with Gasteiger partial charge in [0.15, 0.2) is 0 Å². The van der Waals surface area contributed by atoms with Gasteiger partial charge in [0.05, 0.1) is 0 Å². The first kappa shape index (κ1) is 19.2. The van der Waals surface area contributed by atoms with Crippen molar-refractivity contribution in [1.29, 1.82) is 0 Å². The van der Waals surface area contributed by atoms with Crippen molar-refractivity contribution in [1.82, 2.24) is 16.0 Å². The van der Waals surface area contributed by atoms with Gasteiger partial charge < -0.3 is 21.1 Å². The van der Waals surface area contributed by atoms with Crippen molar-refractivity contribution >= 4 is 17.9 Å². The van der Waals surface area contributed by atoms with E-state index in [0.717, 1.165) is 6.42 Å². The van der Waals surface area contributed by atoms with Crippen LogP contribution in [0.1, 0.15) is 47.0 Å². The lowest BCUT2D eigenvalue weighted by molar-refractivity contribution is -0.140. The maximum Gasteiger partial charge on any atom is 0.326 e. The zero-order valence-electron chi connectivity index (χ0n) is 13.2. The average molecular weight is 301 g/mol. The number of carbonyl (C=O) groups excluding carboxylic acids is 2. The van der Waals surface area contributed by atoms with E-state index in [1.165, 1.54) is 0 Å². The number of carboxylic acids is 1. The first-order valence-electron chi connectivity index (χ1n) is 7.38. The molecule has 0 aliphatic rings. The molecule has 0 saturated heterocycles. The molecule has 4 N–H and O–H groups in total. The van der Waals surface area contributed by atoms with Crippen molar-refractivity contribution in [3.63, 3.8) is 0 Å². The van der Waals surface area contributed by atoms with Gasteiger partial charge in [-0.15, -0.1) is 0 Å². The number of carbonyl (C=O) groups is 3. The van der Waals surface area contributed by atoms with Crippen LogP contribution in [0.5, 0.6) is 0 Å². The predicted octanol–water partition coefficient (Wildman–Crippen LogP) is 1.09. The van der Waals surface area contributed by atoms with Gasteiger partial charge >= 0.3 is 12.0 Å². The summed E-state index contributed by atoms with van der Waals surface area (Å²) in [4.78, 5) is 34.2. The average Bonchev–Trinajstić information content (AvgIpc) is 2.43. The van der Waals surface area contributed by atoms with E-state index >= 15 is 0 Å². The lowest BCUT2D eigenvalue weighted by Gasteiger charge is -2.20. The highest BCUT2D eigenvalue weighted by molar-refractivity contribution is 5.83. The van der Waals surface area contributed by atoms with Gasteiger partial charge in [0.1, 0.15) is 6.04 Å². The van der Waals surface area contributed by atoms with Gasteiger partial charge in [-0.05, 0) is 19.3 Å². The van der Waals surface area contributed by atoms with E-state index in [-0.39, 0.29) is 30.8 Å². The molecular formula is C14H27N3O4. The number of carboxylic acid groups (broad SMARTS) is 1. The second-order valence-electron chi connectivity index (χ2n) is 5.23. The van der Waals surface area contributed by atoms with Crippen LogP contribution in [0, 0.1) is 5.92 Å². The molecule has 0 aliphatic carbocycles. The predicted molar refractivity (Wildman–Crippen MR) is 79.9 cm³/mol. The first-order chi connectivity index (χ1) is 9.81. The Morgan fingerprint density at radius 1 is 1.05 bits per heavy atom. The number of hydrogen-bond donors (Lipinski definition) is 4. The molecule has 0 aromatic carbocycles. The highest BCUT2D eigenvalue weighted by atomic mass is 16.4. The topological polar surface area (TPSA) is 108 Å². The lowest BCUT2D eigenvalue weighted by atomic mass is 9.99. The second-order valence-corrected chi connectivity index (χ2v) is 5.23. The Bertz CT molecular complexity index is 360. The quantitative estimate of drug-likeness (QED) is 0.511. The van der Waals surface area contributed by atoms with Crippen LogP contribution in [0.25, 0.3) is 0 Å². The van der Waals surface area contributed by atoms with Crippen LogP contribution in [-0.2, 0) is 9.59 Å². The third kappa shape index (κ3) is 8.16. The van der Waals surface area contributed by atoms with E-state index in [1.54, 1.807) is 6.92 Å². The fourth-order valence-electron chi connectivity index (χ4n) is 1.61. The van der Waals surface area contributed by atoms with Gasteiger partial charge in [-0.3, -0.25) is 4.79 Å². The van der Waals surface area contributed by atoms with Gasteiger partial charge in [-0.25, -0.2) is 9.59 Å². The zero-order valence-corrected chi connectivity index (χ0v) is 13.2. The highest BCUT2D eigenvalue weighted by Crippen LogP contribution is 2.07. The lowest BCUT2D eigenvalue weighted by Crippen LogP contribution is -2.49. The molecule has 7 nitrogen and oxygen atoms in total. The summed E-state index contributed by atoms with van der Waals surface area (Å²) in [6.45, 7) is 7.66. The Hall–Kier alpha value is -1.79. The standard InChI is InChI=1S/C14H27N3O4/c1-5-9(3)12(13(19)20)17-14(21)15-8-7-11(18)16-10(4)6-2/h9-10,12H,5-8H2,1-4H3,(H,16,18)(H,19,20)(H2,15,17,21)/t9-,10?,12-/m0/s1. The SMILES string of the molecule is CCC(C)NC(=O)CCNC(=O)N[C@H](C(=O)O)[C@@H](C)CC. The fraction of sp³-hybridized carbons (Fsp3) is 0.786. The smallest absolute Gasteiger partial charge is 0.326 e. The van der Waals surface area contributed by atoms with E-state index < -0.39 is 18.0 Å². The summed E-state index contributed by atoms with van der Waals surface area (Å²) in [5.41, 5.74) is 0. The summed E-state index contributed by atoms with van der Waals surface area (Å²) in [5, 5.41) is 16.7. The summed E-state index contributed by atoms with van der Waals surface area (Å²) in [5.74, 6) is -1.36. The minimum atomic E-state index is -1.06. The second kappa shape index (κ2) is 10.0. The Morgan fingerprint density at radius 2 is 1.67 bits per heavy atom. The van der Waals surface area contributed by atoms with Crippen LogP contribution in [0.15, 0.2) is 0 Å². The molecule has 1 unspecified atom stereocenters. The third-order valence-corrected chi connectivity index (χ3v) is 3.42. The van der Waals surface area contributed by atoms with Gasteiger partial charge in [0, 0.05) is 19.0 Å². The number of amides is 3. The Kier molecular flexibility index (Phi) is 9.16. The normalized spacial score (nSPS) is 14.7. The van der Waals surface area contributed by atoms with Crippen molar-refractivity contribution in [2.45, 2.75) is 59.0 Å². The molecule has 122 valence electrons. The minimum Gasteiger partial charge on any atom is -0.480 e. The van der Waals surface area contributed by atoms with Crippen LogP contribution in [-0.4, -0.2) is 41.6 Å². The summed E-state index contributed by atoms with van der Waals surface area (Å²) >= 11 is 0. The van der Waals surface area contributed by atoms with E-state index in [2.05, 4.69) is 16.0 Å². The molecule has 7 heteroatoms. The molecule has 3 atom stereocenters. The maximum atomic E-state index is 11.6. The number of aliphatic carboxylic acids is 1. The molecule has 0 aromatic heterocycles. The van der Waals surface area contributed by atoms with Crippen molar-refractivity contribution < 1.29 is 19.5 Å². The number of hydrogen-bond acceptors (Lipinski definition) is 3. The molecule has 0 aliphatic heterocycles. The maximum absolute atomic E-state index is 11.6. The molecule has 0 fully saturated rings. The third-order valence-electron chi connectivity index (χ3n) is 3.42. The van der Waals surface area contributed by atoms with Crippen molar-refractivity contribution in [2.24, 2.45) is 5.92 Å². The van der Waals surface area contributed by atoms with Crippen LogP contribution < -0.4 is 16.0 Å². The van der Waals surface area contributed by atoms with E-state index in [0.29, 0.717) is 6.42 Å². The van der Waals surface area contributed by atoms with Crippen molar-refractivity contribution in [3.05, 3.63) is 0 Å². The van der Waals surface area contributed by atoms with Crippen LogP contribution >= 0.6 is 0 Å². The molecule has 0 heterocycles. The van der Waals surface area contributed by atoms with Gasteiger partial charge in [0.25, 0.3) is 0 Å². The summed E-state index contributed by atoms with van der Waals surface area (Å²) in [6, 6.07) is -1.39. The molecule has 0 rings (SSSR count). The molecule has 0 bridgehead atoms. The number of rotatable bonds is 9. The highest BCUT2D eigenvalue weighted by Gasteiger charge is 2.25. The number of urea groups is 1. The largest absolute Gasteiger partial charge is 0.480 e. The summed E-state index contributed by atoms with van der Waals surface area (Å²) < 4.78 is 0. The number of nitrogens with one attached hydrogen (secondary N) is 3. The van der Waals surface area contributed by atoms with Crippen LogP contribution in [0.4, 0.5) is 4.79 Å². The van der Waals surface area contributed by atoms with Crippen LogP contribution in [0.3, 0.4) is 0 Å². The molecular weight excluding hydrogens is 274 g/mol. The van der Waals surface area contributed by atoms with Crippen molar-refractivity contribution in [2.75, 3.05) is 6.54 Å². The van der Waals surface area contributed by atoms with Crippen molar-refractivity contribution in [3.8, 4) is 0 Å². The van der Waals surface area contributed by atoms with Crippen LogP contribution in [0.2, 0.25) is 0 Å². The minimum absolute atomic E-state index is 0.105. The molecule has 3 amide bonds. The Morgan fingerprint density at radius 3 is 2.14 bits per heavy atom. The Labute approximate surface area is 125 Å². The van der Waals surface area contributed by atoms with Gasteiger partial charge in [0.2, 0.25) is 5.91 Å². The molecule has 0 spiro atoms. The molecule has 0 saturated carbocycles. The van der Waals surface area contributed by atoms with Gasteiger partial charge in [-0.2, -0.15) is 0 Å². The monoisotopic (exact) mass is 301 g/mol. The zero-order chi connectivity index (χ0) is 16.4. The summed E-state index contributed by atoms with van der Waals surface area (Å²) in [6.07, 6.45) is 1.66. The first-order valence-corrected chi connectivity index (χ1v) is 7.38. The van der Waals surface area contributed by atoms with E-state index in [4.69, 9.17) is 5.11 Å². The Balaban J connectivity index is 4.09. The van der Waals surface area contributed by atoms with Gasteiger partial charge in [-0.1, -0.05) is 27.2 Å². The molecule has 0 aromatic rings. The van der Waals surface area contributed by atoms with E-state index in [1.807, 2.05) is 20.8 Å². The molecule has 21 heavy (non-hydrogen) atoms. The fourth-order valence-corrected chi connectivity index (χ4v) is 1.61.